The van der Waals surface area contributed by atoms with E-state index in [-0.39, 0.29) is 12.3 Å². The quantitative estimate of drug-likeness (QED) is 0.583. The molecule has 0 heterocycles. The van der Waals surface area contributed by atoms with Gasteiger partial charge in [0.2, 0.25) is 0 Å². The van der Waals surface area contributed by atoms with E-state index in [1.165, 1.54) is 0 Å². The van der Waals surface area contributed by atoms with E-state index < -0.39 is 0 Å². The number of hydrogen-bond acceptors (Lipinski definition) is 3. The van der Waals surface area contributed by atoms with E-state index in [2.05, 4.69) is 0 Å². The second-order valence-electron chi connectivity index (χ2n) is 2.50. The highest BCUT2D eigenvalue weighted by Gasteiger charge is 2.03. The molecule has 10 heavy (non-hydrogen) atoms. The van der Waals surface area contributed by atoms with Crippen molar-refractivity contribution in [3.63, 3.8) is 0 Å². The van der Waals surface area contributed by atoms with Gasteiger partial charge in [0.05, 0.1) is 6.10 Å². The molecule has 0 bridgehead atoms. The summed E-state index contributed by atoms with van der Waals surface area (Å²) in [6.45, 7) is 4.59. The van der Waals surface area contributed by atoms with Crippen molar-refractivity contribution in [1.82, 2.24) is 0 Å². The highest BCUT2D eigenvalue weighted by molar-refractivity contribution is 4.48. The van der Waals surface area contributed by atoms with Gasteiger partial charge < -0.3 is 15.2 Å². The zero-order valence-electron chi connectivity index (χ0n) is 6.96. The molecule has 62 valence electrons. The summed E-state index contributed by atoms with van der Waals surface area (Å²) in [6, 6.07) is 0. The Kier molecular flexibility index (Phi) is 5.58. The summed E-state index contributed by atoms with van der Waals surface area (Å²) in [5.41, 5.74) is 5.56. The second-order valence-corrected chi connectivity index (χ2v) is 2.50. The first-order valence-electron chi connectivity index (χ1n) is 3.56. The van der Waals surface area contributed by atoms with Crippen molar-refractivity contribution in [2.24, 2.45) is 5.73 Å². The highest BCUT2D eigenvalue weighted by atomic mass is 16.5. The van der Waals surface area contributed by atoms with Gasteiger partial charge in [-0.05, 0) is 13.8 Å². The molecule has 0 aromatic heterocycles. The fourth-order valence-electron chi connectivity index (χ4n) is 0.652. The number of rotatable bonds is 5. The van der Waals surface area contributed by atoms with Gasteiger partial charge in [-0.15, -0.1) is 0 Å². The molecule has 0 aliphatic heterocycles. The normalized spacial score (nSPS) is 14.1. The van der Waals surface area contributed by atoms with Crippen molar-refractivity contribution in [1.29, 1.82) is 0 Å². The van der Waals surface area contributed by atoms with Crippen molar-refractivity contribution < 1.29 is 9.47 Å². The molecule has 0 spiro atoms. The minimum Gasteiger partial charge on any atom is -0.385 e. The predicted molar refractivity (Wildman–Crippen MR) is 40.7 cm³/mol. The number of ether oxygens (including phenoxy) is 2. The smallest absolute Gasteiger partial charge is 0.108 e. The first kappa shape index (κ1) is 9.88. The van der Waals surface area contributed by atoms with Gasteiger partial charge in [-0.3, -0.25) is 0 Å². The molecule has 3 nitrogen and oxygen atoms in total. The maximum absolute atomic E-state index is 5.56. The van der Waals surface area contributed by atoms with E-state index in [0.717, 1.165) is 6.42 Å². The first-order valence-corrected chi connectivity index (χ1v) is 3.56. The van der Waals surface area contributed by atoms with Crippen LogP contribution in [-0.2, 0) is 9.47 Å². The lowest BCUT2D eigenvalue weighted by molar-refractivity contribution is -0.00497. The molecule has 0 radical (unpaired) electrons. The number of hydrogen-bond donors (Lipinski definition) is 1. The molecule has 0 aliphatic rings. The SMILES string of the molecule is COCCC(N)OC(C)C. The van der Waals surface area contributed by atoms with Crippen LogP contribution in [0.4, 0.5) is 0 Å². The maximum atomic E-state index is 5.56. The topological polar surface area (TPSA) is 44.5 Å². The summed E-state index contributed by atoms with van der Waals surface area (Å²) in [4.78, 5) is 0. The molecule has 0 aromatic rings. The predicted octanol–water partition coefficient (Wildman–Crippen LogP) is 0.733. The fourth-order valence-corrected chi connectivity index (χ4v) is 0.652. The molecule has 1 atom stereocenters. The standard InChI is InChI=1S/C7H17NO2/c1-6(2)10-7(8)4-5-9-3/h6-7H,4-5,8H2,1-3H3. The van der Waals surface area contributed by atoms with Crippen LogP contribution in [0.25, 0.3) is 0 Å². The van der Waals surface area contributed by atoms with Gasteiger partial charge in [-0.2, -0.15) is 0 Å². The monoisotopic (exact) mass is 147 g/mol. The van der Waals surface area contributed by atoms with Crippen LogP contribution in [0.1, 0.15) is 20.3 Å². The molecule has 3 heteroatoms. The maximum Gasteiger partial charge on any atom is 0.108 e. The molecule has 1 unspecified atom stereocenters. The van der Waals surface area contributed by atoms with Crippen LogP contribution in [0.2, 0.25) is 0 Å². The van der Waals surface area contributed by atoms with E-state index in [1.54, 1.807) is 7.11 Å². The third-order valence-corrected chi connectivity index (χ3v) is 1.05. The van der Waals surface area contributed by atoms with Crippen LogP contribution >= 0.6 is 0 Å². The van der Waals surface area contributed by atoms with Gasteiger partial charge in [0.25, 0.3) is 0 Å². The minimum atomic E-state index is -0.181. The average Bonchev–Trinajstić information content (AvgIpc) is 1.82. The van der Waals surface area contributed by atoms with Gasteiger partial charge in [0.15, 0.2) is 0 Å². The summed E-state index contributed by atoms with van der Waals surface area (Å²) in [5, 5.41) is 0. The molecule has 0 saturated heterocycles. The van der Waals surface area contributed by atoms with E-state index in [9.17, 15) is 0 Å². The molecule has 0 rings (SSSR count). The van der Waals surface area contributed by atoms with Crippen LogP contribution < -0.4 is 5.73 Å². The van der Waals surface area contributed by atoms with Crippen LogP contribution in [0.15, 0.2) is 0 Å². The highest BCUT2D eigenvalue weighted by Crippen LogP contribution is 1.95. The summed E-state index contributed by atoms with van der Waals surface area (Å²) < 4.78 is 10.1. The van der Waals surface area contributed by atoms with E-state index >= 15 is 0 Å². The molecule has 0 saturated carbocycles. The molecule has 0 amide bonds. The lowest BCUT2D eigenvalue weighted by atomic mass is 10.4. The largest absolute Gasteiger partial charge is 0.385 e. The Bertz CT molecular complexity index is 76.0. The van der Waals surface area contributed by atoms with Crippen molar-refractivity contribution in [2.75, 3.05) is 13.7 Å². The summed E-state index contributed by atoms with van der Waals surface area (Å²) >= 11 is 0. The Morgan fingerprint density at radius 3 is 2.40 bits per heavy atom. The molecular weight excluding hydrogens is 130 g/mol. The Morgan fingerprint density at radius 2 is 2.00 bits per heavy atom. The third-order valence-electron chi connectivity index (χ3n) is 1.05. The molecule has 0 aliphatic carbocycles. The van der Waals surface area contributed by atoms with Crippen LogP contribution in [0.5, 0.6) is 0 Å². The zero-order valence-corrected chi connectivity index (χ0v) is 6.96. The van der Waals surface area contributed by atoms with E-state index in [0.29, 0.717) is 6.61 Å². The molecule has 2 N–H and O–H groups in total. The Labute approximate surface area is 62.5 Å². The lowest BCUT2D eigenvalue weighted by Crippen LogP contribution is -2.28. The van der Waals surface area contributed by atoms with Crippen molar-refractivity contribution in [3.05, 3.63) is 0 Å². The van der Waals surface area contributed by atoms with Gasteiger partial charge in [0, 0.05) is 20.1 Å². The second kappa shape index (κ2) is 5.65. The third kappa shape index (κ3) is 6.01. The Balaban J connectivity index is 3.16. The average molecular weight is 147 g/mol. The zero-order chi connectivity index (χ0) is 7.98. The van der Waals surface area contributed by atoms with Crippen LogP contribution in [-0.4, -0.2) is 26.0 Å². The molecule has 0 fully saturated rings. The molecule has 0 aromatic carbocycles. The van der Waals surface area contributed by atoms with Gasteiger partial charge in [-0.1, -0.05) is 0 Å². The van der Waals surface area contributed by atoms with Crippen molar-refractivity contribution in [2.45, 2.75) is 32.6 Å². The lowest BCUT2D eigenvalue weighted by Gasteiger charge is -2.14. The number of methoxy groups -OCH3 is 1. The van der Waals surface area contributed by atoms with Gasteiger partial charge in [-0.25, -0.2) is 0 Å². The summed E-state index contributed by atoms with van der Waals surface area (Å²) in [7, 11) is 1.65. The van der Waals surface area contributed by atoms with E-state index in [1.807, 2.05) is 13.8 Å². The van der Waals surface area contributed by atoms with Gasteiger partial charge in [0.1, 0.15) is 6.23 Å². The Morgan fingerprint density at radius 1 is 1.40 bits per heavy atom. The Hall–Kier alpha value is -0.120. The summed E-state index contributed by atoms with van der Waals surface area (Å²) in [5.74, 6) is 0. The van der Waals surface area contributed by atoms with Crippen LogP contribution in [0.3, 0.4) is 0 Å². The summed E-state index contributed by atoms with van der Waals surface area (Å²) in [6.07, 6.45) is 0.779. The molecular formula is C7H17NO2. The van der Waals surface area contributed by atoms with Crippen molar-refractivity contribution >= 4 is 0 Å². The van der Waals surface area contributed by atoms with Crippen LogP contribution in [0, 0.1) is 0 Å². The van der Waals surface area contributed by atoms with E-state index in [4.69, 9.17) is 15.2 Å². The minimum absolute atomic E-state index is 0.181. The van der Waals surface area contributed by atoms with Gasteiger partial charge >= 0.3 is 0 Å². The number of nitrogens with two attached hydrogens (primary N) is 1. The fraction of sp³-hybridized carbons (Fsp3) is 1.00. The van der Waals surface area contributed by atoms with Crippen molar-refractivity contribution in [3.8, 4) is 0 Å². The first-order chi connectivity index (χ1) is 4.66.